The molecule has 16 heteroatoms. The van der Waals surface area contributed by atoms with Crippen LogP contribution < -0.4 is 0 Å². The summed E-state index contributed by atoms with van der Waals surface area (Å²) in [7, 11) is -9.72. The van der Waals surface area contributed by atoms with Crippen molar-refractivity contribution in [2.75, 3.05) is 26.4 Å². The Morgan fingerprint density at radius 2 is 1.11 bits per heavy atom. The number of phosphoric ester groups is 2. The third-order valence-corrected chi connectivity index (χ3v) is 10.6. The van der Waals surface area contributed by atoms with Crippen molar-refractivity contribution >= 4 is 27.6 Å². The molecule has 0 spiro atoms. The van der Waals surface area contributed by atoms with Crippen molar-refractivity contribution in [3.63, 3.8) is 0 Å². The number of allylic oxidation sites excluding steroid dienone is 12. The highest BCUT2D eigenvalue weighted by atomic mass is 31.2. The zero-order chi connectivity index (χ0) is 45.6. The van der Waals surface area contributed by atoms with Gasteiger partial charge in [0, 0.05) is 12.8 Å². The molecule has 62 heavy (non-hydrogen) atoms. The molecule has 0 saturated carbocycles. The van der Waals surface area contributed by atoms with Crippen LogP contribution in [0.1, 0.15) is 142 Å². The quantitative estimate of drug-likeness (QED) is 0.0113. The highest BCUT2D eigenvalue weighted by Crippen LogP contribution is 2.44. The van der Waals surface area contributed by atoms with E-state index in [2.05, 4.69) is 89.7 Å². The Labute approximate surface area is 371 Å². The monoisotopic (exact) mass is 914 g/mol. The van der Waals surface area contributed by atoms with Gasteiger partial charge >= 0.3 is 27.6 Å². The summed E-state index contributed by atoms with van der Waals surface area (Å²) in [5.74, 6) is -1.16. The zero-order valence-electron chi connectivity index (χ0n) is 37.1. The van der Waals surface area contributed by atoms with Crippen LogP contribution in [-0.2, 0) is 46.5 Å². The first-order chi connectivity index (χ1) is 29.8. The topological polar surface area (TPSA) is 208 Å². The van der Waals surface area contributed by atoms with Crippen molar-refractivity contribution in [1.82, 2.24) is 0 Å². The molecule has 4 N–H and O–H groups in total. The molecule has 1 rings (SSSR count). The third-order valence-electron chi connectivity index (χ3n) is 9.20. The summed E-state index contributed by atoms with van der Waals surface area (Å²) in [6, 6.07) is 0. The number of esters is 2. The SMILES string of the molecule is CC/C=C\CC1OC1C/C=C\C/C=C\C/C=C\C/C=C\CCC(=O)O[C@H](COC(=O)CCCCCCC/C=C\C=C/CCCCCC)COP(=O)(O)OC[C@@H](O)COP(=O)(O)O. The van der Waals surface area contributed by atoms with Crippen molar-refractivity contribution in [2.45, 2.75) is 167 Å². The maximum atomic E-state index is 12.7. The minimum absolute atomic E-state index is 0.00495. The van der Waals surface area contributed by atoms with E-state index in [1.807, 2.05) is 18.2 Å². The lowest BCUT2D eigenvalue weighted by atomic mass is 10.1. The summed E-state index contributed by atoms with van der Waals surface area (Å²) in [5, 5.41) is 9.75. The first kappa shape index (κ1) is 57.3. The number of rotatable bonds is 40. The van der Waals surface area contributed by atoms with E-state index in [0.717, 1.165) is 70.6 Å². The zero-order valence-corrected chi connectivity index (χ0v) is 38.9. The molecule has 0 aromatic carbocycles. The van der Waals surface area contributed by atoms with Gasteiger partial charge in [0.1, 0.15) is 12.7 Å². The highest BCUT2D eigenvalue weighted by Gasteiger charge is 2.36. The van der Waals surface area contributed by atoms with E-state index in [0.29, 0.717) is 31.5 Å². The van der Waals surface area contributed by atoms with Gasteiger partial charge < -0.3 is 34.0 Å². The minimum atomic E-state index is -4.88. The van der Waals surface area contributed by atoms with Crippen LogP contribution in [0.25, 0.3) is 0 Å². The predicted molar refractivity (Wildman–Crippen MR) is 243 cm³/mol. The molecular weight excluding hydrogens is 838 g/mol. The second kappa shape index (κ2) is 37.6. The van der Waals surface area contributed by atoms with Crippen LogP contribution in [0.4, 0.5) is 0 Å². The van der Waals surface area contributed by atoms with Gasteiger partial charge in [-0.05, 0) is 77.0 Å². The first-order valence-corrected chi connectivity index (χ1v) is 25.4. The van der Waals surface area contributed by atoms with Gasteiger partial charge in [0.05, 0.1) is 32.0 Å². The van der Waals surface area contributed by atoms with E-state index < -0.39 is 66.2 Å². The van der Waals surface area contributed by atoms with Crippen LogP contribution in [0.5, 0.6) is 0 Å². The second-order valence-electron chi connectivity index (χ2n) is 15.0. The molecule has 1 heterocycles. The Hall–Kier alpha value is -2.74. The molecule has 0 aromatic heterocycles. The number of carbonyl (C=O) groups is 2. The molecule has 0 radical (unpaired) electrons. The summed E-state index contributed by atoms with van der Waals surface area (Å²) in [4.78, 5) is 52.7. The Morgan fingerprint density at radius 3 is 1.73 bits per heavy atom. The van der Waals surface area contributed by atoms with E-state index in [-0.39, 0.29) is 12.8 Å². The summed E-state index contributed by atoms with van der Waals surface area (Å²) < 4.78 is 53.4. The Balaban J connectivity index is 2.42. The molecule has 1 fully saturated rings. The fourth-order valence-corrected chi connectivity index (χ4v) is 6.85. The van der Waals surface area contributed by atoms with Crippen molar-refractivity contribution in [3.8, 4) is 0 Å². The summed E-state index contributed by atoms with van der Waals surface area (Å²) in [6.45, 7) is 1.50. The smallest absolute Gasteiger partial charge is 0.462 e. The normalized spacial score (nSPS) is 18.0. The van der Waals surface area contributed by atoms with Gasteiger partial charge in [-0.25, -0.2) is 9.13 Å². The molecule has 14 nitrogen and oxygen atoms in total. The molecule has 0 aromatic rings. The number of carbonyl (C=O) groups excluding carboxylic acids is 2. The van der Waals surface area contributed by atoms with Crippen LogP contribution in [-0.4, -0.2) is 82.6 Å². The van der Waals surface area contributed by atoms with Crippen molar-refractivity contribution < 1.29 is 66.3 Å². The Kier molecular flexibility index (Phi) is 34.8. The summed E-state index contributed by atoms with van der Waals surface area (Å²) in [5.41, 5.74) is 0. The lowest BCUT2D eigenvalue weighted by Crippen LogP contribution is -2.29. The van der Waals surface area contributed by atoms with Crippen molar-refractivity contribution in [3.05, 3.63) is 85.1 Å². The summed E-state index contributed by atoms with van der Waals surface area (Å²) in [6.07, 6.45) is 44.8. The van der Waals surface area contributed by atoms with Gasteiger partial charge in [-0.3, -0.25) is 23.2 Å². The van der Waals surface area contributed by atoms with Crippen LogP contribution in [0.2, 0.25) is 0 Å². The number of aliphatic hydroxyl groups excluding tert-OH is 1. The fraction of sp³-hybridized carbons (Fsp3) is 0.652. The molecule has 0 amide bonds. The molecule has 5 atom stereocenters. The number of ether oxygens (including phenoxy) is 3. The number of hydrogen-bond acceptors (Lipinski definition) is 11. The van der Waals surface area contributed by atoms with Crippen LogP contribution in [0.3, 0.4) is 0 Å². The van der Waals surface area contributed by atoms with Crippen molar-refractivity contribution in [1.29, 1.82) is 0 Å². The Bertz CT molecular complexity index is 1480. The minimum Gasteiger partial charge on any atom is -0.462 e. The first-order valence-electron chi connectivity index (χ1n) is 22.4. The molecular formula is C46H76O14P2. The molecule has 354 valence electrons. The molecule has 1 aliphatic heterocycles. The molecule has 1 saturated heterocycles. The van der Waals surface area contributed by atoms with Gasteiger partial charge in [-0.2, -0.15) is 0 Å². The molecule has 0 bridgehead atoms. The third kappa shape index (κ3) is 37.8. The lowest BCUT2D eigenvalue weighted by molar-refractivity contribution is -0.161. The largest absolute Gasteiger partial charge is 0.472 e. The van der Waals surface area contributed by atoms with Gasteiger partial charge in [-0.15, -0.1) is 0 Å². The van der Waals surface area contributed by atoms with E-state index in [1.54, 1.807) is 0 Å². The highest BCUT2D eigenvalue weighted by molar-refractivity contribution is 7.47. The van der Waals surface area contributed by atoms with Gasteiger partial charge in [-0.1, -0.05) is 137 Å². The van der Waals surface area contributed by atoms with Crippen LogP contribution >= 0.6 is 15.6 Å². The van der Waals surface area contributed by atoms with Crippen LogP contribution in [0.15, 0.2) is 85.1 Å². The van der Waals surface area contributed by atoms with Gasteiger partial charge in [0.15, 0.2) is 6.10 Å². The number of phosphoric acid groups is 2. The number of hydrogen-bond donors (Lipinski definition) is 4. The fourth-order valence-electron chi connectivity index (χ4n) is 5.70. The lowest BCUT2D eigenvalue weighted by Gasteiger charge is -2.20. The molecule has 0 aliphatic carbocycles. The van der Waals surface area contributed by atoms with Gasteiger partial charge in [0.2, 0.25) is 0 Å². The number of unbranched alkanes of at least 4 members (excludes halogenated alkanes) is 9. The van der Waals surface area contributed by atoms with E-state index in [1.165, 1.54) is 25.7 Å². The number of epoxide rings is 1. The average Bonchev–Trinajstić information content (AvgIpc) is 3.99. The maximum Gasteiger partial charge on any atom is 0.472 e. The Morgan fingerprint density at radius 1 is 0.581 bits per heavy atom. The van der Waals surface area contributed by atoms with Crippen molar-refractivity contribution in [2.24, 2.45) is 0 Å². The average molecular weight is 915 g/mol. The molecule has 1 aliphatic rings. The molecule has 3 unspecified atom stereocenters. The number of aliphatic hydroxyl groups is 1. The van der Waals surface area contributed by atoms with Gasteiger partial charge in [0.25, 0.3) is 0 Å². The van der Waals surface area contributed by atoms with E-state index >= 15 is 0 Å². The van der Waals surface area contributed by atoms with E-state index in [9.17, 15) is 28.7 Å². The predicted octanol–water partition coefficient (Wildman–Crippen LogP) is 10.5. The van der Waals surface area contributed by atoms with Crippen LogP contribution in [0, 0.1) is 0 Å². The van der Waals surface area contributed by atoms with E-state index in [4.69, 9.17) is 28.5 Å². The maximum absolute atomic E-state index is 12.7. The second-order valence-corrected chi connectivity index (χ2v) is 17.7. The summed E-state index contributed by atoms with van der Waals surface area (Å²) >= 11 is 0. The standard InChI is InChI=1S/C46H76O14P2/c1-3-5-7-8-9-10-11-12-13-14-18-21-24-27-31-35-45(48)55-39-42(40-58-62(53,54)57-38-41(47)37-56-61(50,51)52)59-46(49)36-32-28-25-22-19-16-15-17-20-23-26-30-34-44-43(60-44)33-29-6-4-2/h6,10-13,16-17,19-20,25-26,28-30,41-44,47H,3-5,7-9,14-15,18,21-24,27,31-40H2,1-2H3,(H,53,54)(H2,50,51,52)/b11-10-,13-12-,19-16-,20-17-,28-25-,29-6-,30-26-/t41-,42+,43?,44?/m0/s1.